The van der Waals surface area contributed by atoms with E-state index in [0.29, 0.717) is 12.8 Å². The van der Waals surface area contributed by atoms with E-state index in [1.807, 2.05) is 12.2 Å². The molecule has 0 rings (SSSR count). The normalized spacial score (nSPS) is 14.2. The van der Waals surface area contributed by atoms with Crippen LogP contribution >= 0.6 is 7.82 Å². The van der Waals surface area contributed by atoms with Gasteiger partial charge in [0, 0.05) is 19.4 Å². The summed E-state index contributed by atoms with van der Waals surface area (Å²) in [7, 11) is -4.40. The third-order valence-corrected chi connectivity index (χ3v) is 11.5. The fraction of sp³-hybridized carbons (Fsp3) is 0.593. The minimum absolute atomic E-state index is 0.0381. The van der Waals surface area contributed by atoms with Crippen LogP contribution in [-0.2, 0) is 32.7 Å². The number of rotatable bonds is 48. The average molecular weight is 978 g/mol. The summed E-state index contributed by atoms with van der Waals surface area (Å²) in [5, 5.41) is 0. The first-order valence-electron chi connectivity index (χ1n) is 26.7. The van der Waals surface area contributed by atoms with Crippen molar-refractivity contribution in [1.82, 2.24) is 0 Å². The third-order valence-electron chi connectivity index (χ3n) is 10.5. The summed E-state index contributed by atoms with van der Waals surface area (Å²) in [4.78, 5) is 35.0. The van der Waals surface area contributed by atoms with E-state index in [1.165, 1.54) is 64.2 Å². The van der Waals surface area contributed by atoms with Crippen molar-refractivity contribution in [2.75, 3.05) is 26.4 Å². The monoisotopic (exact) mass is 978 g/mol. The van der Waals surface area contributed by atoms with Gasteiger partial charge in [0.25, 0.3) is 0 Å². The molecule has 0 fully saturated rings. The van der Waals surface area contributed by atoms with Crippen molar-refractivity contribution < 1.29 is 37.6 Å². The van der Waals surface area contributed by atoms with Crippen molar-refractivity contribution >= 4 is 19.8 Å². The van der Waals surface area contributed by atoms with Gasteiger partial charge in [0.1, 0.15) is 6.61 Å². The molecule has 0 aromatic rings. The number of phosphoric acid groups is 1. The Morgan fingerprint density at radius 3 is 1.17 bits per heavy atom. The second-order valence-electron chi connectivity index (χ2n) is 17.0. The van der Waals surface area contributed by atoms with Crippen molar-refractivity contribution in [3.05, 3.63) is 134 Å². The van der Waals surface area contributed by atoms with Crippen LogP contribution in [0.15, 0.2) is 134 Å². The van der Waals surface area contributed by atoms with Crippen molar-refractivity contribution in [1.29, 1.82) is 0 Å². The lowest BCUT2D eigenvalue weighted by atomic mass is 10.0. The first-order chi connectivity index (χ1) is 33.8. The molecule has 0 spiro atoms. The van der Waals surface area contributed by atoms with Gasteiger partial charge in [-0.05, 0) is 96.3 Å². The molecule has 2 unspecified atom stereocenters. The lowest BCUT2D eigenvalue weighted by Gasteiger charge is -2.19. The molecule has 0 aromatic carbocycles. The van der Waals surface area contributed by atoms with Crippen LogP contribution in [0.4, 0.5) is 0 Å². The predicted molar refractivity (Wildman–Crippen MR) is 293 cm³/mol. The van der Waals surface area contributed by atoms with Crippen LogP contribution < -0.4 is 5.73 Å². The number of hydrogen-bond acceptors (Lipinski definition) is 8. The second-order valence-corrected chi connectivity index (χ2v) is 18.4. The van der Waals surface area contributed by atoms with E-state index in [2.05, 4.69) is 135 Å². The molecule has 390 valence electrons. The minimum atomic E-state index is -4.40. The Hall–Kier alpha value is -3.85. The Bertz CT molecular complexity index is 1580. The minimum Gasteiger partial charge on any atom is -0.462 e. The summed E-state index contributed by atoms with van der Waals surface area (Å²) in [6, 6.07) is 0. The van der Waals surface area contributed by atoms with Crippen LogP contribution in [0.2, 0.25) is 0 Å². The second kappa shape index (κ2) is 53.5. The van der Waals surface area contributed by atoms with Crippen LogP contribution in [0.1, 0.15) is 194 Å². The van der Waals surface area contributed by atoms with Gasteiger partial charge in [0.15, 0.2) is 6.10 Å². The van der Waals surface area contributed by atoms with E-state index in [1.54, 1.807) is 0 Å². The van der Waals surface area contributed by atoms with Crippen LogP contribution in [0.3, 0.4) is 0 Å². The number of allylic oxidation sites excluding steroid dienone is 22. The first kappa shape index (κ1) is 65.1. The van der Waals surface area contributed by atoms with Gasteiger partial charge in [-0.15, -0.1) is 0 Å². The number of carbonyl (C=O) groups excluding carboxylic acids is 2. The Morgan fingerprint density at radius 2 is 0.783 bits per heavy atom. The maximum Gasteiger partial charge on any atom is 0.472 e. The highest BCUT2D eigenvalue weighted by Gasteiger charge is 2.26. The third kappa shape index (κ3) is 53.4. The molecule has 3 N–H and O–H groups in total. The van der Waals surface area contributed by atoms with Crippen LogP contribution in [-0.4, -0.2) is 49.3 Å². The van der Waals surface area contributed by atoms with E-state index in [0.717, 1.165) is 89.9 Å². The first-order valence-corrected chi connectivity index (χ1v) is 28.2. The van der Waals surface area contributed by atoms with Gasteiger partial charge in [0.05, 0.1) is 13.2 Å². The van der Waals surface area contributed by atoms with Gasteiger partial charge in [0.2, 0.25) is 0 Å². The maximum atomic E-state index is 12.7. The number of unbranched alkanes of at least 4 members (excludes halogenated alkanes) is 13. The summed E-state index contributed by atoms with van der Waals surface area (Å²) >= 11 is 0. The lowest BCUT2D eigenvalue weighted by Crippen LogP contribution is -2.29. The molecule has 0 bridgehead atoms. The summed E-state index contributed by atoms with van der Waals surface area (Å²) in [5.41, 5.74) is 5.36. The summed E-state index contributed by atoms with van der Waals surface area (Å²) in [6.07, 6.45) is 75.3. The highest BCUT2D eigenvalue weighted by atomic mass is 31.2. The number of phosphoric ester groups is 1. The van der Waals surface area contributed by atoms with Gasteiger partial charge < -0.3 is 20.1 Å². The fourth-order valence-electron chi connectivity index (χ4n) is 6.69. The van der Waals surface area contributed by atoms with E-state index < -0.39 is 32.5 Å². The highest BCUT2D eigenvalue weighted by Crippen LogP contribution is 2.43. The molecule has 69 heavy (non-hydrogen) atoms. The number of esters is 2. The van der Waals surface area contributed by atoms with E-state index >= 15 is 0 Å². The van der Waals surface area contributed by atoms with E-state index in [9.17, 15) is 19.0 Å². The van der Waals surface area contributed by atoms with Crippen molar-refractivity contribution in [2.45, 2.75) is 200 Å². The predicted octanol–water partition coefficient (Wildman–Crippen LogP) is 16.6. The molecule has 0 aliphatic carbocycles. The Kier molecular flexibility index (Phi) is 50.5. The summed E-state index contributed by atoms with van der Waals surface area (Å²) in [6.45, 7) is 3.40. The summed E-state index contributed by atoms with van der Waals surface area (Å²) < 4.78 is 32.8. The summed E-state index contributed by atoms with van der Waals surface area (Å²) in [5.74, 6) is -0.934. The molecule has 10 heteroatoms. The maximum absolute atomic E-state index is 12.7. The molecule has 9 nitrogen and oxygen atoms in total. The molecule has 0 amide bonds. The fourth-order valence-corrected chi connectivity index (χ4v) is 7.45. The van der Waals surface area contributed by atoms with E-state index in [-0.39, 0.29) is 32.6 Å². The molecule has 0 saturated carbocycles. The molecule has 0 heterocycles. The molecular weight excluding hydrogens is 882 g/mol. The average Bonchev–Trinajstić information content (AvgIpc) is 3.34. The number of hydrogen-bond donors (Lipinski definition) is 2. The van der Waals surface area contributed by atoms with Crippen molar-refractivity contribution in [3.63, 3.8) is 0 Å². The Balaban J connectivity index is 3.99. The van der Waals surface area contributed by atoms with Crippen molar-refractivity contribution in [2.24, 2.45) is 5.73 Å². The van der Waals surface area contributed by atoms with Gasteiger partial charge in [-0.1, -0.05) is 218 Å². The molecular formula is C59H96NO8P. The highest BCUT2D eigenvalue weighted by molar-refractivity contribution is 7.47. The van der Waals surface area contributed by atoms with Crippen molar-refractivity contribution in [3.8, 4) is 0 Å². The zero-order chi connectivity index (χ0) is 50.2. The lowest BCUT2D eigenvalue weighted by molar-refractivity contribution is -0.161. The Labute approximate surface area is 421 Å². The van der Waals surface area contributed by atoms with Crippen LogP contribution in [0.5, 0.6) is 0 Å². The molecule has 0 saturated heterocycles. The van der Waals surface area contributed by atoms with Gasteiger partial charge in [-0.25, -0.2) is 4.57 Å². The van der Waals surface area contributed by atoms with Crippen LogP contribution in [0.25, 0.3) is 0 Å². The molecule has 0 aliphatic rings. The molecule has 2 atom stereocenters. The number of nitrogens with two attached hydrogens (primary N) is 1. The Morgan fingerprint density at radius 1 is 0.435 bits per heavy atom. The van der Waals surface area contributed by atoms with Gasteiger partial charge in [-0.2, -0.15) is 0 Å². The van der Waals surface area contributed by atoms with Gasteiger partial charge in [-0.3, -0.25) is 18.6 Å². The standard InChI is InChI=1S/C59H96NO8P/c1-3-5-7-9-11-13-15-17-18-19-20-21-22-23-24-25-26-27-28-29-30-31-32-33-34-35-36-37-38-40-42-44-46-48-50-52-59(62)68-57(56-67-69(63,64)66-54-53-60)55-65-58(61)51-49-47-45-43-41-39-16-14-12-10-8-6-4-2/h5-8,11-14,17-18,20-21,23-24,26-27,29-30,39,41,45,47,57H,3-4,9-10,15-16,19,22,25,28,31-38,40,42-44,46,48-56,60H2,1-2H3,(H,63,64)/b7-5-,8-6-,13-11-,14-12-,18-17-,21-20-,24-23-,27-26-,30-29-,41-39-,47-45-. The van der Waals surface area contributed by atoms with E-state index in [4.69, 9.17) is 24.3 Å². The van der Waals surface area contributed by atoms with Gasteiger partial charge >= 0.3 is 19.8 Å². The molecule has 0 aliphatic heterocycles. The topological polar surface area (TPSA) is 134 Å². The molecule has 0 radical (unpaired) electrons. The molecule has 0 aromatic heterocycles. The largest absolute Gasteiger partial charge is 0.472 e. The number of ether oxygens (including phenoxy) is 2. The zero-order valence-electron chi connectivity index (χ0n) is 43.2. The quantitative estimate of drug-likeness (QED) is 0.0264. The SMILES string of the molecule is CC/C=C\C/C=C\C/C=C\C/C=C\C/C=C\C/C=C\C/C=C\CCCCCCCCCCCCCCCC(=O)OC(COC(=O)CC/C=C\C/C=C\C/C=C\C/C=C\CC)COP(=O)(O)OCCN. The number of carbonyl (C=O) groups is 2. The smallest absolute Gasteiger partial charge is 0.462 e. The van der Waals surface area contributed by atoms with Crippen LogP contribution in [0, 0.1) is 0 Å². The zero-order valence-corrected chi connectivity index (χ0v) is 44.1.